The number of fused-ring (bicyclic) bond motifs is 1. The number of thiophene rings is 1. The van der Waals surface area contributed by atoms with E-state index in [1.54, 1.807) is 17.7 Å². The molecule has 3 aromatic rings. The van der Waals surface area contributed by atoms with Gasteiger partial charge in [-0.25, -0.2) is 9.97 Å². The summed E-state index contributed by atoms with van der Waals surface area (Å²) in [4.78, 5) is 32.5. The van der Waals surface area contributed by atoms with Gasteiger partial charge in [-0.15, -0.1) is 11.3 Å². The van der Waals surface area contributed by atoms with Gasteiger partial charge in [-0.2, -0.15) is 0 Å². The average Bonchev–Trinajstić information content (AvgIpc) is 3.02. The van der Waals surface area contributed by atoms with Gasteiger partial charge in [0.05, 0.1) is 11.4 Å². The molecule has 1 aliphatic heterocycles. The first kappa shape index (κ1) is 19.3. The highest BCUT2D eigenvalue weighted by Crippen LogP contribution is 2.34. The number of carbonyl (C=O) groups is 1. The number of pyridine rings is 1. The van der Waals surface area contributed by atoms with Crippen molar-refractivity contribution < 1.29 is 4.79 Å². The molecule has 6 nitrogen and oxygen atoms in total. The number of hydrogen-bond donors (Lipinski definition) is 0. The molecule has 1 saturated heterocycles. The fraction of sp³-hybridized carbons (Fsp3) is 0.400. The molecular weight excluding hydrogens is 390 g/mol. The third kappa shape index (κ3) is 4.19. The molecule has 1 aliphatic rings. The molecule has 28 heavy (non-hydrogen) atoms. The second kappa shape index (κ2) is 8.55. The lowest BCUT2D eigenvalue weighted by atomic mass is 10.2. The van der Waals surface area contributed by atoms with Gasteiger partial charge in [0.1, 0.15) is 16.2 Å². The van der Waals surface area contributed by atoms with Gasteiger partial charge >= 0.3 is 0 Å². The van der Waals surface area contributed by atoms with Crippen LogP contribution in [0.5, 0.6) is 0 Å². The lowest BCUT2D eigenvalue weighted by Crippen LogP contribution is -2.48. The fourth-order valence-corrected chi connectivity index (χ4v) is 5.38. The number of nitrogens with zero attached hydrogens (tertiary/aromatic N) is 5. The Bertz CT molecular complexity index is 967. The maximum Gasteiger partial charge on any atom is 0.233 e. The molecule has 4 heterocycles. The van der Waals surface area contributed by atoms with Crippen LogP contribution >= 0.6 is 23.1 Å². The molecule has 0 radical (unpaired) electrons. The summed E-state index contributed by atoms with van der Waals surface area (Å²) in [7, 11) is 0. The number of carbonyl (C=O) groups excluding carboxylic acids is 1. The van der Waals surface area contributed by atoms with Crippen molar-refractivity contribution in [3.05, 3.63) is 46.9 Å². The number of hydrogen-bond acceptors (Lipinski definition) is 7. The second-order valence-corrected chi connectivity index (χ2v) is 9.08. The molecule has 8 heteroatoms. The Labute approximate surface area is 173 Å². The van der Waals surface area contributed by atoms with E-state index in [0.717, 1.165) is 53.7 Å². The summed E-state index contributed by atoms with van der Waals surface area (Å²) in [5.74, 6) is 0.597. The van der Waals surface area contributed by atoms with Gasteiger partial charge in [-0.3, -0.25) is 14.7 Å². The van der Waals surface area contributed by atoms with E-state index in [-0.39, 0.29) is 5.91 Å². The SMILES string of the molecule is Cc1sc2ncnc(SCC(=O)N3CCN(Cc4ccccn4)CC3)c2c1C. The van der Waals surface area contributed by atoms with Crippen LogP contribution in [0.4, 0.5) is 0 Å². The van der Waals surface area contributed by atoms with Crippen molar-refractivity contribution in [1.82, 2.24) is 24.8 Å². The fourth-order valence-electron chi connectivity index (χ4n) is 3.36. The quantitative estimate of drug-likeness (QED) is 0.473. The standard InChI is InChI=1S/C20H23N5OS2/c1-14-15(2)28-20-18(14)19(22-13-23-20)27-12-17(26)25-9-7-24(8-10-25)11-16-5-3-4-6-21-16/h3-6,13H,7-12H2,1-2H3. The summed E-state index contributed by atoms with van der Waals surface area (Å²) < 4.78 is 0. The van der Waals surface area contributed by atoms with E-state index in [2.05, 4.69) is 33.7 Å². The Morgan fingerprint density at radius 1 is 1.14 bits per heavy atom. The molecule has 0 atom stereocenters. The molecule has 0 aromatic carbocycles. The molecule has 0 aliphatic carbocycles. The summed E-state index contributed by atoms with van der Waals surface area (Å²) >= 11 is 3.21. The van der Waals surface area contributed by atoms with Crippen molar-refractivity contribution in [2.24, 2.45) is 0 Å². The first-order valence-corrected chi connectivity index (χ1v) is 11.2. The summed E-state index contributed by atoms with van der Waals surface area (Å²) in [6.07, 6.45) is 3.42. The molecular formula is C20H23N5OS2. The Kier molecular flexibility index (Phi) is 5.89. The summed E-state index contributed by atoms with van der Waals surface area (Å²) in [5.41, 5.74) is 2.30. The third-order valence-corrected chi connectivity index (χ3v) is 7.19. The van der Waals surface area contributed by atoms with Gasteiger partial charge in [-0.05, 0) is 31.5 Å². The summed E-state index contributed by atoms with van der Waals surface area (Å²) in [5, 5.41) is 2.01. The molecule has 1 fully saturated rings. The van der Waals surface area contributed by atoms with Crippen LogP contribution in [-0.2, 0) is 11.3 Å². The molecule has 1 amide bonds. The van der Waals surface area contributed by atoms with Crippen LogP contribution in [0.15, 0.2) is 35.7 Å². The number of aryl methyl sites for hydroxylation is 2. The number of amides is 1. The second-order valence-electron chi connectivity index (χ2n) is 6.91. The highest BCUT2D eigenvalue weighted by molar-refractivity contribution is 8.00. The van der Waals surface area contributed by atoms with Crippen LogP contribution in [0, 0.1) is 13.8 Å². The molecule has 0 unspecified atom stereocenters. The average molecular weight is 414 g/mol. The molecule has 3 aromatic heterocycles. The van der Waals surface area contributed by atoms with E-state index in [0.29, 0.717) is 5.75 Å². The molecule has 0 bridgehead atoms. The highest BCUT2D eigenvalue weighted by Gasteiger charge is 2.22. The van der Waals surface area contributed by atoms with Crippen LogP contribution < -0.4 is 0 Å². The molecule has 4 rings (SSSR count). The smallest absolute Gasteiger partial charge is 0.233 e. The molecule has 0 saturated carbocycles. The zero-order valence-corrected chi connectivity index (χ0v) is 17.7. The van der Waals surface area contributed by atoms with E-state index in [1.165, 1.54) is 22.2 Å². The van der Waals surface area contributed by atoms with E-state index in [4.69, 9.17) is 0 Å². The topological polar surface area (TPSA) is 62.2 Å². The predicted molar refractivity (Wildman–Crippen MR) is 114 cm³/mol. The molecule has 0 N–H and O–H groups in total. The number of rotatable bonds is 5. The number of piperazine rings is 1. The minimum atomic E-state index is 0.179. The van der Waals surface area contributed by atoms with Crippen molar-refractivity contribution in [2.45, 2.75) is 25.4 Å². The third-order valence-electron chi connectivity index (χ3n) is 5.10. The van der Waals surface area contributed by atoms with E-state index >= 15 is 0 Å². The molecule has 0 spiro atoms. The van der Waals surface area contributed by atoms with Crippen molar-refractivity contribution >= 4 is 39.2 Å². The zero-order valence-electron chi connectivity index (χ0n) is 16.1. The Balaban J connectivity index is 1.32. The zero-order chi connectivity index (χ0) is 19.5. The summed E-state index contributed by atoms with van der Waals surface area (Å²) in [6, 6.07) is 5.99. The minimum absolute atomic E-state index is 0.179. The normalized spacial score (nSPS) is 15.3. The largest absolute Gasteiger partial charge is 0.339 e. The lowest BCUT2D eigenvalue weighted by Gasteiger charge is -2.34. The predicted octanol–water partition coefficient (Wildman–Crippen LogP) is 3.14. The van der Waals surface area contributed by atoms with Gasteiger partial charge in [-0.1, -0.05) is 17.8 Å². The van der Waals surface area contributed by atoms with Crippen LogP contribution in [0.1, 0.15) is 16.1 Å². The van der Waals surface area contributed by atoms with E-state index in [1.807, 2.05) is 29.3 Å². The maximum absolute atomic E-state index is 12.7. The summed E-state index contributed by atoms with van der Waals surface area (Å²) in [6.45, 7) is 8.34. The monoisotopic (exact) mass is 413 g/mol. The Hall–Kier alpha value is -2.03. The van der Waals surface area contributed by atoms with Crippen molar-refractivity contribution in [1.29, 1.82) is 0 Å². The van der Waals surface area contributed by atoms with E-state index in [9.17, 15) is 4.79 Å². The van der Waals surface area contributed by atoms with Gasteiger partial charge in [0.2, 0.25) is 5.91 Å². The van der Waals surface area contributed by atoms with Crippen LogP contribution in [0.2, 0.25) is 0 Å². The van der Waals surface area contributed by atoms with Crippen molar-refractivity contribution in [2.75, 3.05) is 31.9 Å². The van der Waals surface area contributed by atoms with Gasteiger partial charge < -0.3 is 4.90 Å². The number of thioether (sulfide) groups is 1. The first-order chi connectivity index (χ1) is 13.6. The number of aromatic nitrogens is 3. The van der Waals surface area contributed by atoms with Gasteiger partial charge in [0, 0.05) is 49.2 Å². The van der Waals surface area contributed by atoms with Crippen LogP contribution in [0.25, 0.3) is 10.2 Å². The van der Waals surface area contributed by atoms with E-state index < -0.39 is 0 Å². The van der Waals surface area contributed by atoms with Gasteiger partial charge in [0.15, 0.2) is 0 Å². The lowest BCUT2D eigenvalue weighted by molar-refractivity contribution is -0.130. The van der Waals surface area contributed by atoms with Crippen molar-refractivity contribution in [3.63, 3.8) is 0 Å². The highest BCUT2D eigenvalue weighted by atomic mass is 32.2. The van der Waals surface area contributed by atoms with Crippen LogP contribution in [0.3, 0.4) is 0 Å². The van der Waals surface area contributed by atoms with Crippen LogP contribution in [-0.4, -0.2) is 62.6 Å². The van der Waals surface area contributed by atoms with Crippen molar-refractivity contribution in [3.8, 4) is 0 Å². The minimum Gasteiger partial charge on any atom is -0.339 e. The Morgan fingerprint density at radius 2 is 1.96 bits per heavy atom. The first-order valence-electron chi connectivity index (χ1n) is 9.35. The molecule has 146 valence electrons. The maximum atomic E-state index is 12.7. The Morgan fingerprint density at radius 3 is 2.71 bits per heavy atom. The van der Waals surface area contributed by atoms with Gasteiger partial charge in [0.25, 0.3) is 0 Å².